The number of nitrogens with one attached hydrogen (secondary N) is 2. The van der Waals surface area contributed by atoms with Crippen LogP contribution in [0.15, 0.2) is 52.0 Å². The van der Waals surface area contributed by atoms with Gasteiger partial charge in [0.05, 0.1) is 14.2 Å². The van der Waals surface area contributed by atoms with Crippen LogP contribution in [0.4, 0.5) is 0 Å². The lowest BCUT2D eigenvalue weighted by molar-refractivity contribution is 0.313. The molecule has 1 saturated heterocycles. The van der Waals surface area contributed by atoms with Crippen molar-refractivity contribution in [2.24, 2.45) is 5.10 Å². The molecule has 0 saturated carbocycles. The van der Waals surface area contributed by atoms with E-state index < -0.39 is 0 Å². The van der Waals surface area contributed by atoms with Gasteiger partial charge in [0.15, 0.2) is 11.3 Å². The van der Waals surface area contributed by atoms with Crippen molar-refractivity contribution in [1.82, 2.24) is 15.9 Å². The second kappa shape index (κ2) is 6.78. The van der Waals surface area contributed by atoms with Crippen LogP contribution in [0.25, 0.3) is 0 Å². The van der Waals surface area contributed by atoms with E-state index in [1.54, 1.807) is 26.0 Å². The Bertz CT molecular complexity index is 815. The average molecular weight is 421 g/mol. The number of hydrazone groups is 1. The summed E-state index contributed by atoms with van der Waals surface area (Å²) in [4.78, 5) is 0. The summed E-state index contributed by atoms with van der Waals surface area (Å²) in [6, 6.07) is 14.0. The van der Waals surface area contributed by atoms with Crippen LogP contribution in [0.2, 0.25) is 0 Å². The van der Waals surface area contributed by atoms with Crippen molar-refractivity contribution in [1.29, 1.82) is 0 Å². The van der Waals surface area contributed by atoms with Gasteiger partial charge in [-0.3, -0.25) is 10.4 Å². The van der Waals surface area contributed by atoms with Gasteiger partial charge in [0.2, 0.25) is 0 Å². The lowest BCUT2D eigenvalue weighted by Gasteiger charge is -2.19. The van der Waals surface area contributed by atoms with Crippen LogP contribution in [0, 0.1) is 0 Å². The van der Waals surface area contributed by atoms with E-state index in [0.29, 0.717) is 0 Å². The molecule has 2 unspecified atom stereocenters. The number of nitrogens with zero attached hydrogens (tertiary/aromatic N) is 2. The van der Waals surface area contributed by atoms with Gasteiger partial charge < -0.3 is 9.47 Å². The highest BCUT2D eigenvalue weighted by molar-refractivity contribution is 9.10. The molecule has 0 aromatic heterocycles. The second-order valence-electron chi connectivity index (χ2n) is 5.55. The maximum Gasteiger partial charge on any atom is 0.180 e. The zero-order chi connectivity index (χ0) is 17.4. The molecular weight excluding hydrogens is 404 g/mol. The highest BCUT2D eigenvalue weighted by Crippen LogP contribution is 2.40. The smallest absolute Gasteiger partial charge is 0.180 e. The standard InChI is InChI=1S/C17H17BrN4O2S/c1-23-11-5-3-10(4-6-11)16-21-22-15(19-20-17(22)25-16)13-8-7-12(24-2)9-14(13)18/h3-9,16-17,20-21H,1-2H3. The van der Waals surface area contributed by atoms with E-state index in [1.807, 2.05) is 30.3 Å². The predicted molar refractivity (Wildman–Crippen MR) is 102 cm³/mol. The molecule has 2 heterocycles. The van der Waals surface area contributed by atoms with Crippen molar-refractivity contribution in [3.8, 4) is 11.5 Å². The first-order valence-corrected chi connectivity index (χ1v) is 9.45. The van der Waals surface area contributed by atoms with Crippen LogP contribution in [0.3, 0.4) is 0 Å². The molecule has 2 aromatic rings. The molecule has 4 rings (SSSR count). The normalized spacial score (nSPS) is 21.6. The number of hydrazine groups is 1. The fourth-order valence-corrected chi connectivity index (χ4v) is 4.45. The van der Waals surface area contributed by atoms with Crippen LogP contribution < -0.4 is 20.3 Å². The van der Waals surface area contributed by atoms with E-state index in [0.717, 1.165) is 27.4 Å². The Hall–Kier alpha value is -1.90. The van der Waals surface area contributed by atoms with Crippen LogP contribution in [0.1, 0.15) is 16.5 Å². The number of halogens is 1. The van der Waals surface area contributed by atoms with E-state index in [4.69, 9.17) is 9.47 Å². The summed E-state index contributed by atoms with van der Waals surface area (Å²) in [5.74, 6) is 2.51. The number of amidine groups is 1. The molecule has 8 heteroatoms. The Morgan fingerprint density at radius 3 is 2.48 bits per heavy atom. The van der Waals surface area contributed by atoms with Crippen molar-refractivity contribution in [2.75, 3.05) is 14.2 Å². The van der Waals surface area contributed by atoms with E-state index in [1.165, 1.54) is 5.56 Å². The average Bonchev–Trinajstić information content (AvgIpc) is 3.23. The van der Waals surface area contributed by atoms with Gasteiger partial charge in [0.25, 0.3) is 0 Å². The van der Waals surface area contributed by atoms with Gasteiger partial charge in [-0.15, -0.1) is 0 Å². The highest BCUT2D eigenvalue weighted by Gasteiger charge is 2.40. The van der Waals surface area contributed by atoms with Gasteiger partial charge in [-0.05, 0) is 51.8 Å². The molecular formula is C17H17BrN4O2S. The maximum atomic E-state index is 5.26. The van der Waals surface area contributed by atoms with Crippen molar-refractivity contribution >= 4 is 33.5 Å². The van der Waals surface area contributed by atoms with E-state index in [-0.39, 0.29) is 10.9 Å². The third-order valence-electron chi connectivity index (χ3n) is 4.10. The van der Waals surface area contributed by atoms with Crippen LogP contribution in [-0.2, 0) is 0 Å². The van der Waals surface area contributed by atoms with E-state index >= 15 is 0 Å². The Balaban J connectivity index is 1.55. The number of thioether (sulfide) groups is 1. The SMILES string of the molecule is COc1ccc(C2NN3C(c4ccc(OC)cc4Br)=NNC3S2)cc1. The van der Waals surface area contributed by atoms with Crippen molar-refractivity contribution < 1.29 is 9.47 Å². The number of hydrogen-bond acceptors (Lipinski definition) is 7. The lowest BCUT2D eigenvalue weighted by atomic mass is 10.2. The summed E-state index contributed by atoms with van der Waals surface area (Å²) in [6.45, 7) is 0. The number of methoxy groups -OCH3 is 2. The fourth-order valence-electron chi connectivity index (χ4n) is 2.77. The first-order valence-electron chi connectivity index (χ1n) is 7.71. The lowest BCUT2D eigenvalue weighted by Crippen LogP contribution is -2.41. The molecule has 0 aliphatic carbocycles. The molecule has 2 atom stereocenters. The molecule has 130 valence electrons. The molecule has 2 aliphatic heterocycles. The van der Waals surface area contributed by atoms with Crippen molar-refractivity contribution in [3.05, 3.63) is 58.1 Å². The van der Waals surface area contributed by atoms with Crippen LogP contribution in [0.5, 0.6) is 11.5 Å². The first-order chi connectivity index (χ1) is 12.2. The number of benzene rings is 2. The summed E-state index contributed by atoms with van der Waals surface area (Å²) < 4.78 is 11.4. The summed E-state index contributed by atoms with van der Waals surface area (Å²) in [5.41, 5.74) is 8.95. The zero-order valence-corrected chi connectivity index (χ0v) is 16.1. The van der Waals surface area contributed by atoms with Gasteiger partial charge in [-0.1, -0.05) is 23.9 Å². The molecule has 25 heavy (non-hydrogen) atoms. The number of hydrogen-bond donors (Lipinski definition) is 2. The molecule has 0 amide bonds. The summed E-state index contributed by atoms with van der Waals surface area (Å²) in [6.07, 6.45) is 0. The summed E-state index contributed by atoms with van der Waals surface area (Å²) >= 11 is 5.38. The minimum Gasteiger partial charge on any atom is -0.497 e. The predicted octanol–water partition coefficient (Wildman–Crippen LogP) is 3.27. The third-order valence-corrected chi connectivity index (χ3v) is 5.98. The third kappa shape index (κ3) is 3.05. The molecule has 2 aliphatic rings. The number of fused-ring (bicyclic) bond motifs is 1. The topological polar surface area (TPSA) is 58.1 Å². The van der Waals surface area contributed by atoms with Gasteiger partial charge in [0.1, 0.15) is 16.9 Å². The van der Waals surface area contributed by atoms with Crippen LogP contribution >= 0.6 is 27.7 Å². The van der Waals surface area contributed by atoms with E-state index in [2.05, 4.69) is 49.0 Å². The first kappa shape index (κ1) is 16.6. The van der Waals surface area contributed by atoms with Gasteiger partial charge >= 0.3 is 0 Å². The minimum absolute atomic E-state index is 0.0519. The van der Waals surface area contributed by atoms with Crippen molar-refractivity contribution in [2.45, 2.75) is 10.9 Å². The highest BCUT2D eigenvalue weighted by atomic mass is 79.9. The summed E-state index contributed by atoms with van der Waals surface area (Å²) in [7, 11) is 3.33. The number of ether oxygens (including phenoxy) is 2. The Morgan fingerprint density at radius 1 is 1.08 bits per heavy atom. The minimum atomic E-state index is 0.0519. The zero-order valence-electron chi connectivity index (χ0n) is 13.7. The van der Waals surface area contributed by atoms with Crippen molar-refractivity contribution in [3.63, 3.8) is 0 Å². The van der Waals surface area contributed by atoms with E-state index in [9.17, 15) is 0 Å². The van der Waals surface area contributed by atoms with Gasteiger partial charge in [-0.2, -0.15) is 5.10 Å². The molecule has 0 spiro atoms. The Labute approximate surface area is 158 Å². The van der Waals surface area contributed by atoms with Crippen LogP contribution in [-0.4, -0.2) is 30.6 Å². The monoisotopic (exact) mass is 420 g/mol. The Morgan fingerprint density at radius 2 is 1.80 bits per heavy atom. The quantitative estimate of drug-likeness (QED) is 0.791. The van der Waals surface area contributed by atoms with Gasteiger partial charge in [-0.25, -0.2) is 5.43 Å². The molecule has 0 bridgehead atoms. The maximum absolute atomic E-state index is 5.26. The van der Waals surface area contributed by atoms with Gasteiger partial charge in [0, 0.05) is 10.0 Å². The summed E-state index contributed by atoms with van der Waals surface area (Å²) in [5, 5.41) is 6.69. The fraction of sp³-hybridized carbons (Fsp3) is 0.235. The Kier molecular flexibility index (Phi) is 4.49. The number of rotatable bonds is 4. The molecule has 2 N–H and O–H groups in total. The largest absolute Gasteiger partial charge is 0.497 e. The second-order valence-corrected chi connectivity index (χ2v) is 7.60. The molecule has 6 nitrogen and oxygen atoms in total. The molecule has 2 aromatic carbocycles. The molecule has 0 radical (unpaired) electrons. The molecule has 1 fully saturated rings.